The number of hydrogen-bond acceptors (Lipinski definition) is 1. The highest BCUT2D eigenvalue weighted by Crippen LogP contribution is 2.35. The molecular weight excluding hydrogens is 282 g/mol. The molecule has 1 aliphatic carbocycles. The van der Waals surface area contributed by atoms with Crippen LogP contribution in [0, 0.1) is 11.7 Å². The first-order valence-corrected chi connectivity index (χ1v) is 7.51. The molecule has 0 radical (unpaired) electrons. The lowest BCUT2D eigenvalue weighted by atomic mass is 9.93. The molecule has 1 unspecified atom stereocenters. The Bertz CT molecular complexity index is 464. The van der Waals surface area contributed by atoms with Crippen LogP contribution in [0.15, 0.2) is 18.2 Å². The van der Waals surface area contributed by atoms with Crippen LogP contribution in [0.2, 0.25) is 0 Å². The van der Waals surface area contributed by atoms with E-state index in [1.165, 1.54) is 18.9 Å². The first-order chi connectivity index (χ1) is 9.91. The number of nitrogens with one attached hydrogen (secondary N) is 1. The number of hydrogen-bond donors (Lipinski definition) is 1. The van der Waals surface area contributed by atoms with Gasteiger partial charge in [0.15, 0.2) is 0 Å². The highest BCUT2D eigenvalue weighted by Gasteiger charge is 2.34. The van der Waals surface area contributed by atoms with E-state index in [0.29, 0.717) is 18.0 Å². The van der Waals surface area contributed by atoms with Crippen LogP contribution in [-0.2, 0) is 6.18 Å². The van der Waals surface area contributed by atoms with Crippen molar-refractivity contribution in [2.75, 3.05) is 6.54 Å². The second kappa shape index (κ2) is 6.77. The molecule has 1 saturated carbocycles. The number of alkyl halides is 3. The topological polar surface area (TPSA) is 12.0 Å². The molecule has 1 fully saturated rings. The Balaban J connectivity index is 2.17. The maximum absolute atomic E-state index is 13.7. The van der Waals surface area contributed by atoms with Crippen molar-refractivity contribution < 1.29 is 17.6 Å². The van der Waals surface area contributed by atoms with Gasteiger partial charge >= 0.3 is 6.18 Å². The van der Waals surface area contributed by atoms with Gasteiger partial charge in [-0.3, -0.25) is 0 Å². The van der Waals surface area contributed by atoms with E-state index in [-0.39, 0.29) is 6.04 Å². The van der Waals surface area contributed by atoms with E-state index in [1.807, 2.05) is 6.92 Å². The van der Waals surface area contributed by atoms with Gasteiger partial charge in [0.05, 0.1) is 5.56 Å². The summed E-state index contributed by atoms with van der Waals surface area (Å²) in [5.74, 6) is -0.603. The van der Waals surface area contributed by atoms with E-state index < -0.39 is 17.6 Å². The molecule has 0 heterocycles. The van der Waals surface area contributed by atoms with Crippen LogP contribution in [0.5, 0.6) is 0 Å². The predicted octanol–water partition coefficient (Wildman–Crippen LogP) is 5.08. The zero-order valence-corrected chi connectivity index (χ0v) is 12.1. The Labute approximate surface area is 122 Å². The molecule has 0 spiro atoms. The second-order valence-electron chi connectivity index (χ2n) is 5.73. The van der Waals surface area contributed by atoms with Crippen molar-refractivity contribution in [3.63, 3.8) is 0 Å². The lowest BCUT2D eigenvalue weighted by molar-refractivity contribution is -0.140. The molecule has 21 heavy (non-hydrogen) atoms. The van der Waals surface area contributed by atoms with Crippen LogP contribution in [0.25, 0.3) is 0 Å². The van der Waals surface area contributed by atoms with E-state index in [1.54, 1.807) is 0 Å². The summed E-state index contributed by atoms with van der Waals surface area (Å²) < 4.78 is 51.5. The molecule has 1 nitrogen and oxygen atoms in total. The molecule has 1 atom stereocenters. The molecule has 1 aromatic carbocycles. The predicted molar refractivity (Wildman–Crippen MR) is 74.4 cm³/mol. The van der Waals surface area contributed by atoms with Gasteiger partial charge in [0.1, 0.15) is 5.82 Å². The number of benzene rings is 1. The van der Waals surface area contributed by atoms with E-state index in [9.17, 15) is 17.6 Å². The van der Waals surface area contributed by atoms with Gasteiger partial charge in [-0.25, -0.2) is 4.39 Å². The summed E-state index contributed by atoms with van der Waals surface area (Å²) >= 11 is 0. The summed E-state index contributed by atoms with van der Waals surface area (Å²) in [5.41, 5.74) is -0.586. The highest BCUT2D eigenvalue weighted by atomic mass is 19.4. The maximum atomic E-state index is 13.7. The quantitative estimate of drug-likeness (QED) is 0.748. The van der Waals surface area contributed by atoms with Crippen molar-refractivity contribution >= 4 is 0 Å². The molecule has 0 amide bonds. The van der Waals surface area contributed by atoms with Crippen LogP contribution < -0.4 is 5.32 Å². The Morgan fingerprint density at radius 2 is 1.90 bits per heavy atom. The molecule has 1 aliphatic rings. The fourth-order valence-corrected chi connectivity index (χ4v) is 3.14. The smallest absolute Gasteiger partial charge is 0.310 e. The number of rotatable bonds is 5. The molecule has 2 rings (SSSR count). The summed E-state index contributed by atoms with van der Waals surface area (Å²) in [6.07, 6.45) is 0.964. The summed E-state index contributed by atoms with van der Waals surface area (Å²) in [7, 11) is 0. The molecule has 1 N–H and O–H groups in total. The van der Waals surface area contributed by atoms with Crippen LogP contribution in [0.4, 0.5) is 17.6 Å². The van der Waals surface area contributed by atoms with Crippen LogP contribution in [0.1, 0.15) is 56.2 Å². The van der Waals surface area contributed by atoms with Gasteiger partial charge in [-0.2, -0.15) is 13.2 Å². The standard InChI is InChI=1S/C16H21F4N/c1-2-21-15(9-11-5-3-4-6-11)12-7-8-13(14(17)10-12)16(18,19)20/h7-8,10-11,15,21H,2-6,9H2,1H3. The first kappa shape index (κ1) is 16.3. The van der Waals surface area contributed by atoms with Gasteiger partial charge in [0, 0.05) is 6.04 Å². The third-order valence-electron chi connectivity index (χ3n) is 4.20. The average Bonchev–Trinajstić information content (AvgIpc) is 2.89. The van der Waals surface area contributed by atoms with E-state index in [2.05, 4.69) is 5.32 Å². The minimum Gasteiger partial charge on any atom is -0.310 e. The van der Waals surface area contributed by atoms with Gasteiger partial charge < -0.3 is 5.32 Å². The van der Waals surface area contributed by atoms with Crippen molar-refractivity contribution in [2.45, 2.75) is 51.2 Å². The SMILES string of the molecule is CCNC(CC1CCCC1)c1ccc(C(F)(F)F)c(F)c1. The van der Waals surface area contributed by atoms with Gasteiger partial charge in [-0.15, -0.1) is 0 Å². The van der Waals surface area contributed by atoms with Crippen LogP contribution >= 0.6 is 0 Å². The summed E-state index contributed by atoms with van der Waals surface area (Å²) in [5, 5.41) is 3.26. The third kappa shape index (κ3) is 4.19. The summed E-state index contributed by atoms with van der Waals surface area (Å²) in [6, 6.07) is 3.21. The molecule has 0 saturated heterocycles. The highest BCUT2D eigenvalue weighted by molar-refractivity contribution is 5.28. The fourth-order valence-electron chi connectivity index (χ4n) is 3.14. The second-order valence-corrected chi connectivity index (χ2v) is 5.73. The zero-order chi connectivity index (χ0) is 15.5. The van der Waals surface area contributed by atoms with Crippen LogP contribution in [0.3, 0.4) is 0 Å². The first-order valence-electron chi connectivity index (χ1n) is 7.51. The maximum Gasteiger partial charge on any atom is 0.419 e. The van der Waals surface area contributed by atoms with Gasteiger partial charge in [0.2, 0.25) is 0 Å². The van der Waals surface area contributed by atoms with Gasteiger partial charge in [0.25, 0.3) is 0 Å². The summed E-state index contributed by atoms with van der Waals surface area (Å²) in [6.45, 7) is 2.65. The van der Waals surface area contributed by atoms with Gasteiger partial charge in [-0.05, 0) is 36.6 Å². The Morgan fingerprint density at radius 1 is 1.24 bits per heavy atom. The van der Waals surface area contributed by atoms with Crippen LogP contribution in [-0.4, -0.2) is 6.54 Å². The monoisotopic (exact) mass is 303 g/mol. The van der Waals surface area contributed by atoms with Crippen molar-refractivity contribution in [1.82, 2.24) is 5.32 Å². The minimum absolute atomic E-state index is 0.0742. The van der Waals surface area contributed by atoms with Crippen molar-refractivity contribution in [1.29, 1.82) is 0 Å². The largest absolute Gasteiger partial charge is 0.419 e. The zero-order valence-electron chi connectivity index (χ0n) is 12.1. The Morgan fingerprint density at radius 3 is 2.43 bits per heavy atom. The number of halogens is 4. The van der Waals surface area contributed by atoms with Crippen molar-refractivity contribution in [3.05, 3.63) is 35.1 Å². The van der Waals surface area contributed by atoms with E-state index >= 15 is 0 Å². The molecule has 1 aromatic rings. The van der Waals surface area contributed by atoms with Crippen molar-refractivity contribution in [3.8, 4) is 0 Å². The van der Waals surface area contributed by atoms with E-state index in [4.69, 9.17) is 0 Å². The third-order valence-corrected chi connectivity index (χ3v) is 4.20. The lowest BCUT2D eigenvalue weighted by Gasteiger charge is -2.22. The molecular formula is C16H21F4N. The van der Waals surface area contributed by atoms with E-state index in [0.717, 1.165) is 31.4 Å². The lowest BCUT2D eigenvalue weighted by Crippen LogP contribution is -2.23. The minimum atomic E-state index is -4.64. The fraction of sp³-hybridized carbons (Fsp3) is 0.625. The summed E-state index contributed by atoms with van der Waals surface area (Å²) in [4.78, 5) is 0. The molecule has 118 valence electrons. The normalized spacial score (nSPS) is 18.1. The Kier molecular flexibility index (Phi) is 5.25. The Hall–Kier alpha value is -1.10. The van der Waals surface area contributed by atoms with Gasteiger partial charge in [-0.1, -0.05) is 38.7 Å². The van der Waals surface area contributed by atoms with Crippen molar-refractivity contribution in [2.24, 2.45) is 5.92 Å². The average molecular weight is 303 g/mol. The molecule has 0 aliphatic heterocycles. The molecule has 0 aromatic heterocycles. The molecule has 5 heteroatoms. The molecule has 0 bridgehead atoms.